The Kier molecular flexibility index (Phi) is 1.48. The molecule has 13 heavy (non-hydrogen) atoms. The molecule has 1 aromatic rings. The Balaban J connectivity index is 1.97. The molecule has 2 aliphatic rings. The Morgan fingerprint density at radius 3 is 2.00 bits per heavy atom. The topological polar surface area (TPSA) is 24.1 Å². The molecule has 1 fully saturated rings. The molecule has 0 radical (unpaired) electrons. The number of fused-ring (bicyclic) bond motifs is 2. The van der Waals surface area contributed by atoms with Crippen LogP contribution in [0.15, 0.2) is 24.3 Å². The van der Waals surface area contributed by atoms with Gasteiger partial charge in [-0.1, -0.05) is 12.1 Å². The molecule has 0 bridgehead atoms. The zero-order chi connectivity index (χ0) is 8.67. The van der Waals surface area contributed by atoms with Crippen LogP contribution in [0, 0.1) is 0 Å². The van der Waals surface area contributed by atoms with E-state index in [0.29, 0.717) is 12.1 Å². The lowest BCUT2D eigenvalue weighted by Crippen LogP contribution is -2.38. The highest BCUT2D eigenvalue weighted by Gasteiger charge is 2.30. The maximum atomic E-state index is 3.60. The normalized spacial score (nSPS) is 29.8. The van der Waals surface area contributed by atoms with E-state index in [-0.39, 0.29) is 0 Å². The van der Waals surface area contributed by atoms with Crippen molar-refractivity contribution in [3.8, 4) is 0 Å². The van der Waals surface area contributed by atoms with Crippen molar-refractivity contribution in [2.75, 3.05) is 10.6 Å². The van der Waals surface area contributed by atoms with Crippen LogP contribution in [0.3, 0.4) is 0 Å². The van der Waals surface area contributed by atoms with Crippen molar-refractivity contribution in [1.29, 1.82) is 0 Å². The van der Waals surface area contributed by atoms with Crippen molar-refractivity contribution in [2.45, 2.75) is 31.3 Å². The number of nitrogens with one attached hydrogen (secondary N) is 2. The van der Waals surface area contributed by atoms with E-state index >= 15 is 0 Å². The smallest absolute Gasteiger partial charge is 0.0578 e. The first-order valence-corrected chi connectivity index (χ1v) is 5.05. The number of para-hydroxylation sites is 2. The molecule has 0 spiro atoms. The molecular weight excluding hydrogens is 160 g/mol. The molecular formula is C11H14N2. The van der Waals surface area contributed by atoms with Crippen molar-refractivity contribution in [2.24, 2.45) is 0 Å². The van der Waals surface area contributed by atoms with Gasteiger partial charge in [0.05, 0.1) is 11.4 Å². The third-order valence-electron chi connectivity index (χ3n) is 3.12. The lowest BCUT2D eigenvalue weighted by atomic mass is 10.1. The average Bonchev–Trinajstić information content (AvgIpc) is 2.61. The van der Waals surface area contributed by atoms with Gasteiger partial charge in [0.2, 0.25) is 0 Å². The second-order valence-electron chi connectivity index (χ2n) is 3.98. The first-order chi connectivity index (χ1) is 6.43. The predicted molar refractivity (Wildman–Crippen MR) is 55.1 cm³/mol. The lowest BCUT2D eigenvalue weighted by molar-refractivity contribution is 0.663. The van der Waals surface area contributed by atoms with E-state index in [9.17, 15) is 0 Å². The number of anilines is 2. The molecule has 0 saturated heterocycles. The fourth-order valence-electron chi connectivity index (χ4n) is 2.44. The van der Waals surface area contributed by atoms with Crippen LogP contribution in [-0.4, -0.2) is 12.1 Å². The van der Waals surface area contributed by atoms with Crippen molar-refractivity contribution in [3.05, 3.63) is 24.3 Å². The average molecular weight is 174 g/mol. The maximum Gasteiger partial charge on any atom is 0.0578 e. The number of rotatable bonds is 0. The second kappa shape index (κ2) is 2.66. The van der Waals surface area contributed by atoms with Gasteiger partial charge in [0, 0.05) is 12.1 Å². The van der Waals surface area contributed by atoms with E-state index in [2.05, 4.69) is 34.9 Å². The van der Waals surface area contributed by atoms with E-state index in [0.717, 1.165) is 0 Å². The Morgan fingerprint density at radius 2 is 1.46 bits per heavy atom. The van der Waals surface area contributed by atoms with Gasteiger partial charge in [-0.3, -0.25) is 0 Å². The highest BCUT2D eigenvalue weighted by Crippen LogP contribution is 2.34. The number of benzene rings is 1. The Hall–Kier alpha value is -1.18. The fourth-order valence-corrected chi connectivity index (χ4v) is 2.44. The molecule has 1 saturated carbocycles. The zero-order valence-corrected chi connectivity index (χ0v) is 7.59. The summed E-state index contributed by atoms with van der Waals surface area (Å²) in [5.41, 5.74) is 2.54. The van der Waals surface area contributed by atoms with E-state index < -0.39 is 0 Å². The van der Waals surface area contributed by atoms with Gasteiger partial charge in [-0.25, -0.2) is 0 Å². The third kappa shape index (κ3) is 1.09. The fraction of sp³-hybridized carbons (Fsp3) is 0.455. The van der Waals surface area contributed by atoms with Gasteiger partial charge in [-0.05, 0) is 31.4 Å². The SMILES string of the molecule is c1ccc2c(c1)NC1CCCC1N2. The highest BCUT2D eigenvalue weighted by molar-refractivity contribution is 5.72. The van der Waals surface area contributed by atoms with Gasteiger partial charge in [-0.2, -0.15) is 0 Å². The monoisotopic (exact) mass is 174 g/mol. The Labute approximate surface area is 78.3 Å². The summed E-state index contributed by atoms with van der Waals surface area (Å²) in [6.07, 6.45) is 3.97. The van der Waals surface area contributed by atoms with Crippen LogP contribution in [0.25, 0.3) is 0 Å². The Bertz CT molecular complexity index is 291. The van der Waals surface area contributed by atoms with Gasteiger partial charge in [0.1, 0.15) is 0 Å². The first kappa shape index (κ1) is 7.25. The molecule has 1 heterocycles. The van der Waals surface area contributed by atoms with E-state index in [1.807, 2.05) is 0 Å². The van der Waals surface area contributed by atoms with Crippen LogP contribution in [0.4, 0.5) is 11.4 Å². The quantitative estimate of drug-likeness (QED) is 0.631. The summed E-state index contributed by atoms with van der Waals surface area (Å²) in [6.45, 7) is 0. The molecule has 3 rings (SSSR count). The summed E-state index contributed by atoms with van der Waals surface area (Å²) >= 11 is 0. The van der Waals surface area contributed by atoms with Crippen LogP contribution < -0.4 is 10.6 Å². The molecule has 2 unspecified atom stereocenters. The Morgan fingerprint density at radius 1 is 0.923 bits per heavy atom. The molecule has 68 valence electrons. The molecule has 1 aromatic carbocycles. The molecule has 1 aliphatic heterocycles. The lowest BCUT2D eigenvalue weighted by Gasteiger charge is -2.31. The van der Waals surface area contributed by atoms with Crippen molar-refractivity contribution >= 4 is 11.4 Å². The van der Waals surface area contributed by atoms with Crippen molar-refractivity contribution < 1.29 is 0 Å². The summed E-state index contributed by atoms with van der Waals surface area (Å²) < 4.78 is 0. The summed E-state index contributed by atoms with van der Waals surface area (Å²) in [5, 5.41) is 7.19. The summed E-state index contributed by atoms with van der Waals surface area (Å²) in [7, 11) is 0. The minimum atomic E-state index is 0.662. The van der Waals surface area contributed by atoms with E-state index in [1.54, 1.807) is 0 Å². The van der Waals surface area contributed by atoms with Crippen LogP contribution in [0.1, 0.15) is 19.3 Å². The predicted octanol–water partition coefficient (Wildman–Crippen LogP) is 2.45. The molecule has 2 nitrogen and oxygen atoms in total. The van der Waals surface area contributed by atoms with E-state index in [1.165, 1.54) is 30.6 Å². The number of hydrogen-bond donors (Lipinski definition) is 2. The molecule has 2 atom stereocenters. The summed E-state index contributed by atoms with van der Waals surface area (Å²) in [5.74, 6) is 0. The van der Waals surface area contributed by atoms with Gasteiger partial charge < -0.3 is 10.6 Å². The summed E-state index contributed by atoms with van der Waals surface area (Å²) in [6, 6.07) is 9.80. The minimum Gasteiger partial charge on any atom is -0.379 e. The van der Waals surface area contributed by atoms with Crippen LogP contribution in [0.2, 0.25) is 0 Å². The van der Waals surface area contributed by atoms with Gasteiger partial charge in [-0.15, -0.1) is 0 Å². The number of hydrogen-bond acceptors (Lipinski definition) is 2. The molecule has 2 heteroatoms. The molecule has 1 aliphatic carbocycles. The van der Waals surface area contributed by atoms with Gasteiger partial charge in [0.25, 0.3) is 0 Å². The molecule has 0 aromatic heterocycles. The zero-order valence-electron chi connectivity index (χ0n) is 7.59. The van der Waals surface area contributed by atoms with Crippen molar-refractivity contribution in [3.63, 3.8) is 0 Å². The van der Waals surface area contributed by atoms with Gasteiger partial charge in [0.15, 0.2) is 0 Å². The second-order valence-corrected chi connectivity index (χ2v) is 3.98. The summed E-state index contributed by atoms with van der Waals surface area (Å²) in [4.78, 5) is 0. The van der Waals surface area contributed by atoms with Crippen LogP contribution in [-0.2, 0) is 0 Å². The minimum absolute atomic E-state index is 0.662. The standard InChI is InChI=1S/C11H14N2/c1-2-5-9-8(4-1)12-10-6-3-7-11(10)13-9/h1-2,4-5,10-13H,3,6-7H2. The molecule has 0 amide bonds. The third-order valence-corrected chi connectivity index (χ3v) is 3.12. The molecule has 2 N–H and O–H groups in total. The maximum absolute atomic E-state index is 3.60. The highest BCUT2D eigenvalue weighted by atomic mass is 15.1. The van der Waals surface area contributed by atoms with Gasteiger partial charge >= 0.3 is 0 Å². The van der Waals surface area contributed by atoms with Crippen molar-refractivity contribution in [1.82, 2.24) is 0 Å². The van der Waals surface area contributed by atoms with Crippen LogP contribution >= 0.6 is 0 Å². The van der Waals surface area contributed by atoms with E-state index in [4.69, 9.17) is 0 Å². The van der Waals surface area contributed by atoms with Crippen LogP contribution in [0.5, 0.6) is 0 Å². The first-order valence-electron chi connectivity index (χ1n) is 5.05. The largest absolute Gasteiger partial charge is 0.379 e.